The molecule has 0 unspecified atom stereocenters. The second kappa shape index (κ2) is 3.34. The summed E-state index contributed by atoms with van der Waals surface area (Å²) in [5.74, 6) is 0. The summed E-state index contributed by atoms with van der Waals surface area (Å²) in [6.07, 6.45) is 0. The van der Waals surface area contributed by atoms with Crippen molar-refractivity contribution in [3.05, 3.63) is 0 Å². The highest BCUT2D eigenvalue weighted by molar-refractivity contribution is 7.12. The van der Waals surface area contributed by atoms with Gasteiger partial charge in [0.2, 0.25) is 0 Å². The van der Waals surface area contributed by atoms with E-state index >= 15 is 0 Å². The van der Waals surface area contributed by atoms with Crippen LogP contribution in [0.25, 0.3) is 0 Å². The summed E-state index contributed by atoms with van der Waals surface area (Å²) in [5, 5.41) is 0. The summed E-state index contributed by atoms with van der Waals surface area (Å²) in [6, 6.07) is 0. The molecule has 0 aliphatic carbocycles. The maximum absolute atomic E-state index is 6.48. The van der Waals surface area contributed by atoms with Gasteiger partial charge in [0.15, 0.2) is 9.84 Å². The Morgan fingerprint density at radius 2 is 1.23 bits per heavy atom. The summed E-state index contributed by atoms with van der Waals surface area (Å²) in [6.45, 7) is 13.6. The van der Waals surface area contributed by atoms with Gasteiger partial charge in [0.25, 0.3) is 8.43 Å². The van der Waals surface area contributed by atoms with E-state index in [0.717, 1.165) is 0 Å². The highest BCUT2D eigenvalue weighted by Gasteiger charge is 2.47. The minimum Gasteiger partial charge on any atom is -0.312 e. The molecule has 1 heterocycles. The van der Waals surface area contributed by atoms with Crippen molar-refractivity contribution in [2.75, 3.05) is 0 Å². The van der Waals surface area contributed by atoms with Gasteiger partial charge in [-0.15, -0.1) is 11.1 Å². The summed E-state index contributed by atoms with van der Waals surface area (Å²) in [5.41, 5.74) is 0.596. The van der Waals surface area contributed by atoms with Crippen LogP contribution in [0.4, 0.5) is 0 Å². The third-order valence-electron chi connectivity index (χ3n) is 2.54. The van der Waals surface area contributed by atoms with E-state index in [9.17, 15) is 0 Å². The van der Waals surface area contributed by atoms with Crippen LogP contribution in [-0.4, -0.2) is 37.8 Å². The zero-order chi connectivity index (χ0) is 10.4. The minimum atomic E-state index is -1.25. The van der Waals surface area contributed by atoms with Gasteiger partial charge in [-0.05, 0) is 41.5 Å². The van der Waals surface area contributed by atoms with Crippen LogP contribution < -0.4 is 0 Å². The molecule has 0 radical (unpaired) electrons. The van der Waals surface area contributed by atoms with Gasteiger partial charge in [-0.25, -0.2) is 0 Å². The Bertz CT molecular complexity index is 177. The SMILES string of the molecule is CC(C)(C)N1[SiH2]N(C(C)(C)C)[SiH]1Cl. The van der Waals surface area contributed by atoms with E-state index in [1.165, 1.54) is 0 Å². The van der Waals surface area contributed by atoms with Gasteiger partial charge in [0.1, 0.15) is 0 Å². The van der Waals surface area contributed by atoms with Crippen LogP contribution in [0.2, 0.25) is 0 Å². The summed E-state index contributed by atoms with van der Waals surface area (Å²) < 4.78 is 5.14. The fraction of sp³-hybridized carbons (Fsp3) is 1.00. The number of halogens is 1. The Labute approximate surface area is 90.7 Å². The first-order valence-corrected chi connectivity index (χ1v) is 8.86. The van der Waals surface area contributed by atoms with Crippen molar-refractivity contribution in [1.29, 1.82) is 0 Å². The molecule has 2 nitrogen and oxygen atoms in total. The topological polar surface area (TPSA) is 6.48 Å². The third kappa shape index (κ3) is 2.36. The van der Waals surface area contributed by atoms with Crippen LogP contribution in [0.1, 0.15) is 41.5 Å². The standard InChI is InChI=1S/C8H21ClN2Si2/c1-7(2,3)10-12-11(13(10)9)8(4,5)6/h13H,12H2,1-6H3. The van der Waals surface area contributed by atoms with Gasteiger partial charge in [0.05, 0.1) is 0 Å². The molecule has 5 heteroatoms. The summed E-state index contributed by atoms with van der Waals surface area (Å²) >= 11 is 6.48. The zero-order valence-corrected chi connectivity index (χ0v) is 12.9. The Kier molecular flexibility index (Phi) is 3.01. The quantitative estimate of drug-likeness (QED) is 0.460. The first-order valence-electron chi connectivity index (χ1n) is 4.81. The predicted octanol–water partition coefficient (Wildman–Crippen LogP) is 1.16. The molecule has 0 aromatic rings. The molecule has 0 amide bonds. The summed E-state index contributed by atoms with van der Waals surface area (Å²) in [4.78, 5) is 0. The predicted molar refractivity (Wildman–Crippen MR) is 64.7 cm³/mol. The molecule has 0 atom stereocenters. The first kappa shape index (κ1) is 11.7. The van der Waals surface area contributed by atoms with Crippen LogP contribution in [0.3, 0.4) is 0 Å². The Morgan fingerprint density at radius 3 is 1.38 bits per heavy atom. The molecule has 1 fully saturated rings. The minimum absolute atomic E-state index is 0.226. The lowest BCUT2D eigenvalue weighted by Crippen LogP contribution is -2.76. The lowest BCUT2D eigenvalue weighted by atomic mass is 10.1. The number of nitrogens with zero attached hydrogens (tertiary/aromatic N) is 2. The van der Waals surface area contributed by atoms with Crippen LogP contribution in [0.15, 0.2) is 0 Å². The average molecular weight is 237 g/mol. The van der Waals surface area contributed by atoms with E-state index < -0.39 is 8.43 Å². The van der Waals surface area contributed by atoms with Crippen molar-refractivity contribution in [2.45, 2.75) is 52.6 Å². The molecule has 0 aromatic heterocycles. The van der Waals surface area contributed by atoms with Gasteiger partial charge in [-0.2, -0.15) is 0 Å². The van der Waals surface area contributed by atoms with Gasteiger partial charge in [-0.3, -0.25) is 0 Å². The monoisotopic (exact) mass is 236 g/mol. The molecule has 0 N–H and O–H groups in total. The molecule has 0 aromatic carbocycles. The van der Waals surface area contributed by atoms with Crippen LogP contribution >= 0.6 is 11.1 Å². The van der Waals surface area contributed by atoms with Crippen molar-refractivity contribution >= 4 is 29.4 Å². The molecule has 1 saturated heterocycles. The fourth-order valence-corrected chi connectivity index (χ4v) is 9.01. The van der Waals surface area contributed by atoms with E-state index in [1.807, 2.05) is 0 Å². The maximum Gasteiger partial charge on any atom is 0.280 e. The van der Waals surface area contributed by atoms with E-state index in [0.29, 0.717) is 11.1 Å². The van der Waals surface area contributed by atoms with Gasteiger partial charge in [0, 0.05) is 11.1 Å². The van der Waals surface area contributed by atoms with Crippen LogP contribution in [0.5, 0.6) is 0 Å². The largest absolute Gasteiger partial charge is 0.312 e. The molecule has 0 bridgehead atoms. The highest BCUT2D eigenvalue weighted by atomic mass is 35.6. The highest BCUT2D eigenvalue weighted by Crippen LogP contribution is 2.31. The molecular formula is C8H21ClN2Si2. The molecule has 1 rings (SSSR count). The van der Waals surface area contributed by atoms with E-state index in [4.69, 9.17) is 11.1 Å². The lowest BCUT2D eigenvalue weighted by molar-refractivity contribution is 0.243. The molecular weight excluding hydrogens is 216 g/mol. The van der Waals surface area contributed by atoms with Crippen LogP contribution in [-0.2, 0) is 0 Å². The van der Waals surface area contributed by atoms with E-state index in [-0.39, 0.29) is 9.84 Å². The van der Waals surface area contributed by atoms with Gasteiger partial charge < -0.3 is 8.46 Å². The van der Waals surface area contributed by atoms with E-state index in [2.05, 4.69) is 50.0 Å². The normalized spacial score (nSPS) is 29.3. The molecule has 1 aliphatic heterocycles. The molecule has 1 aliphatic rings. The molecule has 13 heavy (non-hydrogen) atoms. The van der Waals surface area contributed by atoms with E-state index in [1.54, 1.807) is 0 Å². The number of rotatable bonds is 0. The van der Waals surface area contributed by atoms with Crippen molar-refractivity contribution in [1.82, 2.24) is 8.46 Å². The maximum atomic E-state index is 6.48. The molecule has 0 spiro atoms. The molecule has 78 valence electrons. The number of hydrogen-bond donors (Lipinski definition) is 0. The van der Waals surface area contributed by atoms with Crippen molar-refractivity contribution in [3.8, 4) is 0 Å². The van der Waals surface area contributed by atoms with Crippen molar-refractivity contribution < 1.29 is 0 Å². The fourth-order valence-electron chi connectivity index (χ4n) is 1.43. The average Bonchev–Trinajstić information content (AvgIpc) is 1.77. The Balaban J connectivity index is 2.58. The van der Waals surface area contributed by atoms with Crippen LogP contribution in [0, 0.1) is 0 Å². The smallest absolute Gasteiger partial charge is 0.280 e. The Hall–Kier alpha value is 0.644. The lowest BCUT2D eigenvalue weighted by Gasteiger charge is -2.58. The number of hydrogen-bond acceptors (Lipinski definition) is 2. The second-order valence-electron chi connectivity index (χ2n) is 5.73. The van der Waals surface area contributed by atoms with Gasteiger partial charge >= 0.3 is 0 Å². The van der Waals surface area contributed by atoms with Gasteiger partial charge in [-0.1, -0.05) is 0 Å². The summed E-state index contributed by atoms with van der Waals surface area (Å²) in [7, 11) is -1.47. The molecule has 0 saturated carbocycles. The first-order chi connectivity index (χ1) is 5.64. The van der Waals surface area contributed by atoms with Crippen molar-refractivity contribution in [2.24, 2.45) is 0 Å². The second-order valence-corrected chi connectivity index (χ2v) is 11.9. The third-order valence-corrected chi connectivity index (χ3v) is 13.5. The zero-order valence-electron chi connectivity index (χ0n) is 9.56. The Morgan fingerprint density at radius 1 is 0.923 bits per heavy atom. The van der Waals surface area contributed by atoms with Crippen molar-refractivity contribution in [3.63, 3.8) is 0 Å².